The number of rotatable bonds is 11. The van der Waals surface area contributed by atoms with Crippen molar-refractivity contribution in [2.75, 3.05) is 44.8 Å². The molecule has 2 N–H and O–H groups in total. The van der Waals surface area contributed by atoms with Crippen LogP contribution in [0.2, 0.25) is 0 Å². The van der Waals surface area contributed by atoms with E-state index in [0.717, 1.165) is 5.39 Å². The molecule has 13 nitrogen and oxygen atoms in total. The Labute approximate surface area is 201 Å². The predicted octanol–water partition coefficient (Wildman–Crippen LogP) is 2.24. The van der Waals surface area contributed by atoms with Crippen LogP contribution in [0.15, 0.2) is 29.0 Å². The van der Waals surface area contributed by atoms with Crippen molar-refractivity contribution >= 4 is 28.7 Å². The van der Waals surface area contributed by atoms with Gasteiger partial charge in [-0.15, -0.1) is 5.10 Å². The van der Waals surface area contributed by atoms with Crippen molar-refractivity contribution in [1.82, 2.24) is 34.7 Å². The number of hydrogen-bond acceptors (Lipinski definition) is 10. The molecule has 35 heavy (non-hydrogen) atoms. The van der Waals surface area contributed by atoms with Gasteiger partial charge in [-0.05, 0) is 32.9 Å². The predicted molar refractivity (Wildman–Crippen MR) is 127 cm³/mol. The minimum absolute atomic E-state index is 0.367. The number of alkyl carbamates (subject to hydrolysis) is 1. The van der Waals surface area contributed by atoms with Crippen LogP contribution < -0.4 is 10.6 Å². The van der Waals surface area contributed by atoms with Crippen LogP contribution in [0.1, 0.15) is 20.8 Å². The number of fused-ring (bicyclic) bond motifs is 3. The molecular formula is C22H30N8O5. The maximum Gasteiger partial charge on any atom is 0.407 e. The summed E-state index contributed by atoms with van der Waals surface area (Å²) in [6, 6.07) is 3.59. The van der Waals surface area contributed by atoms with Crippen molar-refractivity contribution < 1.29 is 23.4 Å². The Morgan fingerprint density at radius 1 is 1.09 bits per heavy atom. The van der Waals surface area contributed by atoms with E-state index in [-0.39, 0.29) is 0 Å². The number of hydrogen-bond donors (Lipinski definition) is 2. The summed E-state index contributed by atoms with van der Waals surface area (Å²) < 4.78 is 25.0. The molecule has 4 aromatic heterocycles. The minimum Gasteiger partial charge on any atom is -0.461 e. The van der Waals surface area contributed by atoms with E-state index in [1.54, 1.807) is 27.6 Å². The van der Waals surface area contributed by atoms with Crippen LogP contribution in [-0.4, -0.2) is 80.6 Å². The lowest BCUT2D eigenvalue weighted by molar-refractivity contribution is 0.0415. The highest BCUT2D eigenvalue weighted by atomic mass is 16.6. The number of ether oxygens (including phenoxy) is 3. The molecule has 0 saturated carbocycles. The SMILES string of the molecule is Cn1cc2c(nc(NCCOCCOCCNC(=O)OC(C)(C)C)n3nc(-c4ccco4)nc23)n1. The van der Waals surface area contributed by atoms with Crippen LogP contribution >= 0.6 is 0 Å². The van der Waals surface area contributed by atoms with Crippen molar-refractivity contribution in [1.29, 1.82) is 0 Å². The molecule has 0 fully saturated rings. The summed E-state index contributed by atoms with van der Waals surface area (Å²) in [6.45, 7) is 7.94. The van der Waals surface area contributed by atoms with Gasteiger partial charge in [0.15, 0.2) is 17.1 Å². The fourth-order valence-corrected chi connectivity index (χ4v) is 3.22. The summed E-state index contributed by atoms with van der Waals surface area (Å²) in [5.74, 6) is 1.54. The molecule has 0 spiro atoms. The smallest absolute Gasteiger partial charge is 0.407 e. The molecule has 13 heteroatoms. The summed E-state index contributed by atoms with van der Waals surface area (Å²) in [5.41, 5.74) is 0.675. The second-order valence-electron chi connectivity index (χ2n) is 8.70. The molecular weight excluding hydrogens is 456 g/mol. The molecule has 0 unspecified atom stereocenters. The van der Waals surface area contributed by atoms with Gasteiger partial charge in [-0.25, -0.2) is 9.78 Å². The van der Waals surface area contributed by atoms with Crippen LogP contribution in [0.4, 0.5) is 10.7 Å². The maximum absolute atomic E-state index is 11.6. The number of anilines is 1. The van der Waals surface area contributed by atoms with Gasteiger partial charge in [0.1, 0.15) is 5.60 Å². The van der Waals surface area contributed by atoms with E-state index < -0.39 is 11.7 Å². The Hall–Kier alpha value is -3.71. The van der Waals surface area contributed by atoms with Gasteiger partial charge in [0, 0.05) is 26.3 Å². The molecule has 1 amide bonds. The molecule has 0 bridgehead atoms. The van der Waals surface area contributed by atoms with Crippen LogP contribution in [0.5, 0.6) is 0 Å². The number of carbonyl (C=O) groups is 1. The zero-order valence-electron chi connectivity index (χ0n) is 20.3. The first-order valence-electron chi connectivity index (χ1n) is 11.3. The summed E-state index contributed by atoms with van der Waals surface area (Å²) in [5, 5.41) is 15.6. The lowest BCUT2D eigenvalue weighted by atomic mass is 10.2. The van der Waals surface area contributed by atoms with E-state index in [1.807, 2.05) is 34.0 Å². The Balaban J connectivity index is 1.23. The fraction of sp³-hybridized carbons (Fsp3) is 0.500. The number of furan rings is 1. The van der Waals surface area contributed by atoms with Crippen molar-refractivity contribution in [3.8, 4) is 11.6 Å². The summed E-state index contributed by atoms with van der Waals surface area (Å²) >= 11 is 0. The van der Waals surface area contributed by atoms with Crippen LogP contribution in [-0.2, 0) is 21.3 Å². The van der Waals surface area contributed by atoms with Crippen LogP contribution in [0.25, 0.3) is 28.3 Å². The number of nitrogens with zero attached hydrogens (tertiary/aromatic N) is 6. The van der Waals surface area contributed by atoms with Crippen molar-refractivity contribution in [3.05, 3.63) is 24.6 Å². The largest absolute Gasteiger partial charge is 0.461 e. The third-order valence-electron chi connectivity index (χ3n) is 4.63. The normalized spacial score (nSPS) is 11.9. The van der Waals surface area contributed by atoms with Gasteiger partial charge in [0.25, 0.3) is 0 Å². The molecule has 0 atom stereocenters. The molecule has 4 rings (SSSR count). The summed E-state index contributed by atoms with van der Waals surface area (Å²) in [6.07, 6.45) is 2.98. The maximum atomic E-state index is 11.6. The third kappa shape index (κ3) is 6.45. The lowest BCUT2D eigenvalue weighted by Crippen LogP contribution is -2.34. The minimum atomic E-state index is -0.521. The average Bonchev–Trinajstić information content (AvgIpc) is 3.52. The number of aryl methyl sites for hydroxylation is 1. The van der Waals surface area contributed by atoms with E-state index in [1.165, 1.54) is 0 Å². The first kappa shape index (κ1) is 24.4. The van der Waals surface area contributed by atoms with E-state index in [0.29, 0.717) is 68.3 Å². The number of amides is 1. The zero-order chi connectivity index (χ0) is 24.8. The van der Waals surface area contributed by atoms with Crippen molar-refractivity contribution in [2.45, 2.75) is 26.4 Å². The van der Waals surface area contributed by atoms with Gasteiger partial charge >= 0.3 is 6.09 Å². The number of carbonyl (C=O) groups excluding carboxylic acids is 1. The van der Waals surface area contributed by atoms with Gasteiger partial charge in [-0.1, -0.05) is 0 Å². The molecule has 0 saturated heterocycles. The Morgan fingerprint density at radius 2 is 1.86 bits per heavy atom. The highest BCUT2D eigenvalue weighted by molar-refractivity contribution is 5.90. The number of nitrogens with one attached hydrogen (secondary N) is 2. The highest BCUT2D eigenvalue weighted by Crippen LogP contribution is 2.23. The van der Waals surface area contributed by atoms with Gasteiger partial charge in [0.05, 0.1) is 38.1 Å². The second kappa shape index (κ2) is 10.7. The molecule has 4 aromatic rings. The van der Waals surface area contributed by atoms with E-state index in [2.05, 4.69) is 30.8 Å². The Bertz CT molecular complexity index is 1260. The highest BCUT2D eigenvalue weighted by Gasteiger charge is 2.18. The topological polar surface area (TPSA) is 143 Å². The summed E-state index contributed by atoms with van der Waals surface area (Å²) in [7, 11) is 1.83. The first-order valence-corrected chi connectivity index (χ1v) is 11.3. The first-order chi connectivity index (χ1) is 16.8. The fourth-order valence-electron chi connectivity index (χ4n) is 3.22. The molecule has 0 aromatic carbocycles. The molecule has 0 aliphatic carbocycles. The molecule has 0 radical (unpaired) electrons. The Kier molecular flexibility index (Phi) is 7.46. The zero-order valence-corrected chi connectivity index (χ0v) is 20.3. The van der Waals surface area contributed by atoms with Crippen LogP contribution in [0.3, 0.4) is 0 Å². The Morgan fingerprint density at radius 3 is 2.57 bits per heavy atom. The van der Waals surface area contributed by atoms with E-state index in [4.69, 9.17) is 18.6 Å². The van der Waals surface area contributed by atoms with Crippen molar-refractivity contribution in [3.63, 3.8) is 0 Å². The van der Waals surface area contributed by atoms with Gasteiger partial charge in [-0.2, -0.15) is 14.6 Å². The van der Waals surface area contributed by atoms with Gasteiger partial charge < -0.3 is 29.3 Å². The van der Waals surface area contributed by atoms with E-state index >= 15 is 0 Å². The second-order valence-corrected chi connectivity index (χ2v) is 8.70. The molecule has 188 valence electrons. The lowest BCUT2D eigenvalue weighted by Gasteiger charge is -2.19. The summed E-state index contributed by atoms with van der Waals surface area (Å²) in [4.78, 5) is 20.8. The third-order valence-corrected chi connectivity index (χ3v) is 4.63. The molecule has 0 aliphatic rings. The monoisotopic (exact) mass is 486 g/mol. The number of aromatic nitrogens is 6. The van der Waals surface area contributed by atoms with Gasteiger partial charge in [0.2, 0.25) is 11.8 Å². The van der Waals surface area contributed by atoms with Crippen molar-refractivity contribution in [2.24, 2.45) is 7.05 Å². The average molecular weight is 487 g/mol. The molecule has 4 heterocycles. The van der Waals surface area contributed by atoms with Crippen LogP contribution in [0, 0.1) is 0 Å². The van der Waals surface area contributed by atoms with Gasteiger partial charge in [-0.3, -0.25) is 4.68 Å². The molecule has 0 aliphatic heterocycles. The van der Waals surface area contributed by atoms with E-state index in [9.17, 15) is 4.79 Å². The quantitative estimate of drug-likeness (QED) is 0.303. The standard InChI is InChI=1S/C22H30N8O5/c1-22(2,3)35-21(31)24-8-11-33-13-12-32-10-7-23-20-26-17-15(14-29(4)27-17)19-25-18(28-30(19)20)16-6-5-9-34-16/h5-6,9,14H,7-8,10-13H2,1-4H3,(H,24,31)(H,23,26,27).